The maximum absolute atomic E-state index is 11.3. The van der Waals surface area contributed by atoms with Crippen LogP contribution in [-0.2, 0) is 4.79 Å². The Bertz CT molecular complexity index is 763. The Kier molecular flexibility index (Phi) is 4.32. The van der Waals surface area contributed by atoms with E-state index in [0.29, 0.717) is 12.1 Å². The topological polar surface area (TPSA) is 53.6 Å². The largest absolute Gasteiger partial charge is 0.482 e. The molecule has 2 atom stereocenters. The molecular formula is C20H23N3O2. The minimum Gasteiger partial charge on any atom is -0.482 e. The van der Waals surface area contributed by atoms with Crippen LogP contribution >= 0.6 is 0 Å². The van der Waals surface area contributed by atoms with Gasteiger partial charge in [0.15, 0.2) is 6.61 Å². The second-order valence-corrected chi connectivity index (χ2v) is 6.76. The number of carbonyl (C=O) groups excluding carboxylic acids is 1. The van der Waals surface area contributed by atoms with Crippen LogP contribution < -0.4 is 15.4 Å². The van der Waals surface area contributed by atoms with Gasteiger partial charge in [0.1, 0.15) is 5.75 Å². The van der Waals surface area contributed by atoms with E-state index in [1.54, 1.807) is 0 Å². The minimum atomic E-state index is -0.102. The molecule has 0 radical (unpaired) electrons. The highest BCUT2D eigenvalue weighted by Gasteiger charge is 2.27. The lowest BCUT2D eigenvalue weighted by molar-refractivity contribution is -0.118. The molecule has 2 aliphatic heterocycles. The van der Waals surface area contributed by atoms with Gasteiger partial charge in [-0.1, -0.05) is 30.3 Å². The molecule has 2 N–H and O–H groups in total. The molecule has 5 heteroatoms. The number of nitrogens with one attached hydrogen (secondary N) is 2. The molecule has 1 saturated heterocycles. The van der Waals surface area contributed by atoms with Crippen LogP contribution in [0.1, 0.15) is 24.9 Å². The van der Waals surface area contributed by atoms with Gasteiger partial charge in [0.2, 0.25) is 0 Å². The molecule has 2 heterocycles. The summed E-state index contributed by atoms with van der Waals surface area (Å²) in [5, 5.41) is 6.43. The fraction of sp³-hybridized carbons (Fsp3) is 0.350. The SMILES string of the molecule is C[C@@H](c1ccccc1)N1CC[C@@H](Nc2ccc3c(c2)OCC(=O)N3)C1. The Morgan fingerprint density at radius 3 is 2.92 bits per heavy atom. The van der Waals surface area contributed by atoms with E-state index < -0.39 is 0 Å². The van der Waals surface area contributed by atoms with E-state index in [1.165, 1.54) is 5.56 Å². The highest BCUT2D eigenvalue weighted by Crippen LogP contribution is 2.32. The average molecular weight is 337 g/mol. The molecule has 0 bridgehead atoms. The number of hydrogen-bond donors (Lipinski definition) is 2. The van der Waals surface area contributed by atoms with E-state index in [2.05, 4.69) is 52.8 Å². The van der Waals surface area contributed by atoms with Crippen molar-refractivity contribution in [2.24, 2.45) is 0 Å². The molecule has 2 aromatic rings. The van der Waals surface area contributed by atoms with Crippen LogP contribution in [0.4, 0.5) is 11.4 Å². The van der Waals surface area contributed by atoms with E-state index in [1.807, 2.05) is 18.2 Å². The quantitative estimate of drug-likeness (QED) is 0.899. The predicted molar refractivity (Wildman–Crippen MR) is 99.0 cm³/mol. The molecule has 0 aromatic heterocycles. The monoisotopic (exact) mass is 337 g/mol. The lowest BCUT2D eigenvalue weighted by atomic mass is 10.1. The van der Waals surface area contributed by atoms with Gasteiger partial charge in [0.05, 0.1) is 5.69 Å². The van der Waals surface area contributed by atoms with Gasteiger partial charge in [-0.05, 0) is 31.0 Å². The van der Waals surface area contributed by atoms with Crippen LogP contribution in [0.25, 0.3) is 0 Å². The zero-order chi connectivity index (χ0) is 17.2. The Labute approximate surface area is 148 Å². The van der Waals surface area contributed by atoms with Crippen molar-refractivity contribution in [3.8, 4) is 5.75 Å². The number of fused-ring (bicyclic) bond motifs is 1. The predicted octanol–water partition coefficient (Wildman–Crippen LogP) is 3.26. The van der Waals surface area contributed by atoms with E-state index in [9.17, 15) is 4.79 Å². The van der Waals surface area contributed by atoms with Crippen LogP contribution in [0, 0.1) is 0 Å². The smallest absolute Gasteiger partial charge is 0.262 e. The molecule has 25 heavy (non-hydrogen) atoms. The molecule has 2 aliphatic rings. The van der Waals surface area contributed by atoms with Crippen molar-refractivity contribution in [2.75, 3.05) is 30.3 Å². The number of carbonyl (C=O) groups is 1. The highest BCUT2D eigenvalue weighted by atomic mass is 16.5. The minimum absolute atomic E-state index is 0.0856. The molecule has 0 spiro atoms. The Hall–Kier alpha value is -2.53. The summed E-state index contributed by atoms with van der Waals surface area (Å²) in [5.74, 6) is 0.631. The summed E-state index contributed by atoms with van der Waals surface area (Å²) in [6.45, 7) is 4.46. The van der Waals surface area contributed by atoms with Gasteiger partial charge >= 0.3 is 0 Å². The van der Waals surface area contributed by atoms with E-state index in [4.69, 9.17) is 4.74 Å². The van der Waals surface area contributed by atoms with Crippen LogP contribution in [0.2, 0.25) is 0 Å². The van der Waals surface area contributed by atoms with E-state index >= 15 is 0 Å². The number of likely N-dealkylation sites (tertiary alicyclic amines) is 1. The normalized spacial score (nSPS) is 21.2. The number of ether oxygens (including phenoxy) is 1. The molecule has 0 unspecified atom stereocenters. The summed E-state index contributed by atoms with van der Waals surface area (Å²) in [6.07, 6.45) is 1.12. The standard InChI is InChI=1S/C20H23N3O2/c1-14(15-5-3-2-4-6-15)23-10-9-17(12-23)21-16-7-8-18-19(11-16)25-13-20(24)22-18/h2-8,11,14,17,21H,9-10,12-13H2,1H3,(H,22,24)/t14-,17+/m0/s1. The lowest BCUT2D eigenvalue weighted by Crippen LogP contribution is -2.28. The van der Waals surface area contributed by atoms with Gasteiger partial charge in [0, 0.05) is 36.9 Å². The van der Waals surface area contributed by atoms with Gasteiger partial charge in [-0.3, -0.25) is 9.69 Å². The number of benzene rings is 2. The van der Waals surface area contributed by atoms with Crippen LogP contribution in [-0.4, -0.2) is 36.5 Å². The number of rotatable bonds is 4. The van der Waals surface area contributed by atoms with Crippen molar-refractivity contribution < 1.29 is 9.53 Å². The maximum atomic E-state index is 11.3. The van der Waals surface area contributed by atoms with Gasteiger partial charge in [-0.2, -0.15) is 0 Å². The first-order valence-corrected chi connectivity index (χ1v) is 8.81. The summed E-state index contributed by atoms with van der Waals surface area (Å²) in [5.41, 5.74) is 3.14. The van der Waals surface area contributed by atoms with Crippen molar-refractivity contribution in [3.63, 3.8) is 0 Å². The first kappa shape index (κ1) is 16.0. The zero-order valence-electron chi connectivity index (χ0n) is 14.4. The van der Waals surface area contributed by atoms with E-state index in [0.717, 1.165) is 36.6 Å². The fourth-order valence-corrected chi connectivity index (χ4v) is 3.60. The second-order valence-electron chi connectivity index (χ2n) is 6.76. The van der Waals surface area contributed by atoms with Crippen molar-refractivity contribution in [2.45, 2.75) is 25.4 Å². The Morgan fingerprint density at radius 1 is 1.24 bits per heavy atom. The summed E-state index contributed by atoms with van der Waals surface area (Å²) in [7, 11) is 0. The van der Waals surface area contributed by atoms with Crippen molar-refractivity contribution >= 4 is 17.3 Å². The summed E-state index contributed by atoms with van der Waals surface area (Å²) >= 11 is 0. The summed E-state index contributed by atoms with van der Waals surface area (Å²) in [6, 6.07) is 17.4. The Morgan fingerprint density at radius 2 is 2.08 bits per heavy atom. The van der Waals surface area contributed by atoms with Crippen LogP contribution in [0.5, 0.6) is 5.75 Å². The zero-order valence-corrected chi connectivity index (χ0v) is 14.4. The van der Waals surface area contributed by atoms with Gasteiger partial charge in [-0.25, -0.2) is 0 Å². The third kappa shape index (κ3) is 3.46. The first-order chi connectivity index (χ1) is 12.2. The second kappa shape index (κ2) is 6.76. The number of amides is 1. The summed E-state index contributed by atoms with van der Waals surface area (Å²) < 4.78 is 5.50. The molecule has 1 amide bonds. The molecule has 1 fully saturated rings. The number of anilines is 2. The number of nitrogens with zero attached hydrogens (tertiary/aromatic N) is 1. The first-order valence-electron chi connectivity index (χ1n) is 8.81. The molecule has 2 aromatic carbocycles. The lowest BCUT2D eigenvalue weighted by Gasteiger charge is -2.25. The third-order valence-corrected chi connectivity index (χ3v) is 5.03. The van der Waals surface area contributed by atoms with E-state index in [-0.39, 0.29) is 12.5 Å². The van der Waals surface area contributed by atoms with Crippen LogP contribution in [0.15, 0.2) is 48.5 Å². The molecule has 0 saturated carbocycles. The molecule has 4 rings (SSSR count). The van der Waals surface area contributed by atoms with Gasteiger partial charge in [-0.15, -0.1) is 0 Å². The number of hydrogen-bond acceptors (Lipinski definition) is 4. The van der Waals surface area contributed by atoms with Crippen molar-refractivity contribution in [3.05, 3.63) is 54.1 Å². The molecule has 0 aliphatic carbocycles. The average Bonchev–Trinajstić information content (AvgIpc) is 3.10. The van der Waals surface area contributed by atoms with Crippen molar-refractivity contribution in [1.29, 1.82) is 0 Å². The molecule has 130 valence electrons. The third-order valence-electron chi connectivity index (χ3n) is 5.03. The van der Waals surface area contributed by atoms with Gasteiger partial charge < -0.3 is 15.4 Å². The molecule has 5 nitrogen and oxygen atoms in total. The molecular weight excluding hydrogens is 314 g/mol. The van der Waals surface area contributed by atoms with Gasteiger partial charge in [0.25, 0.3) is 5.91 Å². The Balaban J connectivity index is 1.39. The highest BCUT2D eigenvalue weighted by molar-refractivity contribution is 5.95. The summed E-state index contributed by atoms with van der Waals surface area (Å²) in [4.78, 5) is 13.9. The fourth-order valence-electron chi connectivity index (χ4n) is 3.60. The van der Waals surface area contributed by atoms with Crippen LogP contribution in [0.3, 0.4) is 0 Å². The maximum Gasteiger partial charge on any atom is 0.262 e. The van der Waals surface area contributed by atoms with Crippen molar-refractivity contribution in [1.82, 2.24) is 4.90 Å².